The fraction of sp³-hybridized carbons (Fsp3) is 0.300. The van der Waals surface area contributed by atoms with Gasteiger partial charge in [0.25, 0.3) is 5.56 Å². The van der Waals surface area contributed by atoms with E-state index in [0.29, 0.717) is 33.3 Å². The van der Waals surface area contributed by atoms with Crippen LogP contribution in [0.3, 0.4) is 0 Å². The molecule has 9 heteroatoms. The summed E-state index contributed by atoms with van der Waals surface area (Å²) in [5.74, 6) is 1.27. The minimum Gasteiger partial charge on any atom is -0.420 e. The van der Waals surface area contributed by atoms with Crippen LogP contribution in [0.4, 0.5) is 0 Å². The second kappa shape index (κ2) is 7.59. The number of thiophene rings is 1. The summed E-state index contributed by atoms with van der Waals surface area (Å²) in [5.41, 5.74) is 1.94. The van der Waals surface area contributed by atoms with Gasteiger partial charge in [0, 0.05) is 11.9 Å². The molecule has 0 spiro atoms. The predicted molar refractivity (Wildman–Crippen MR) is 116 cm³/mol. The van der Waals surface area contributed by atoms with E-state index in [0.717, 1.165) is 29.5 Å². The van der Waals surface area contributed by atoms with Gasteiger partial charge in [0.05, 0.1) is 21.7 Å². The number of aromatic nitrogens is 4. The summed E-state index contributed by atoms with van der Waals surface area (Å²) in [4.78, 5) is 19.9. The minimum absolute atomic E-state index is 0.0270. The molecule has 3 heterocycles. The first-order valence-electron chi connectivity index (χ1n) is 9.33. The lowest BCUT2D eigenvalue weighted by Gasteiger charge is -2.10. The number of nitrogens with zero attached hydrogens (tertiary/aromatic N) is 4. The van der Waals surface area contributed by atoms with Crippen molar-refractivity contribution in [2.45, 2.75) is 36.6 Å². The fourth-order valence-electron chi connectivity index (χ4n) is 3.58. The van der Waals surface area contributed by atoms with Gasteiger partial charge >= 0.3 is 0 Å². The topological polar surface area (TPSA) is 73.8 Å². The van der Waals surface area contributed by atoms with E-state index >= 15 is 0 Å². The zero-order chi connectivity index (χ0) is 20.0. The summed E-state index contributed by atoms with van der Waals surface area (Å²) in [6, 6.07) is 7.34. The second-order valence-electron chi connectivity index (χ2n) is 6.92. The quantitative estimate of drug-likeness (QED) is 0.330. The molecule has 0 fully saturated rings. The normalized spacial score (nSPS) is 13.7. The van der Waals surface area contributed by atoms with E-state index in [2.05, 4.69) is 10.2 Å². The first kappa shape index (κ1) is 18.8. The molecule has 4 aromatic rings. The predicted octanol–water partition coefficient (Wildman–Crippen LogP) is 4.87. The molecule has 0 saturated heterocycles. The zero-order valence-corrected chi connectivity index (χ0v) is 18.0. The van der Waals surface area contributed by atoms with E-state index < -0.39 is 0 Å². The zero-order valence-electron chi connectivity index (χ0n) is 15.6. The molecule has 1 aromatic carbocycles. The van der Waals surface area contributed by atoms with Gasteiger partial charge in [0.15, 0.2) is 5.16 Å². The highest BCUT2D eigenvalue weighted by Gasteiger charge is 2.21. The molecule has 148 valence electrons. The Morgan fingerprint density at radius 1 is 1.24 bits per heavy atom. The van der Waals surface area contributed by atoms with Crippen LogP contribution >= 0.6 is 34.7 Å². The lowest BCUT2D eigenvalue weighted by atomic mass is 9.97. The molecule has 5 rings (SSSR count). The van der Waals surface area contributed by atoms with Gasteiger partial charge in [0.1, 0.15) is 4.83 Å². The van der Waals surface area contributed by atoms with Gasteiger partial charge in [-0.05, 0) is 43.4 Å². The molecule has 0 amide bonds. The Morgan fingerprint density at radius 3 is 2.93 bits per heavy atom. The maximum absolute atomic E-state index is 13.0. The third-order valence-corrected chi connectivity index (χ3v) is 7.58. The summed E-state index contributed by atoms with van der Waals surface area (Å²) in [6.07, 6.45) is 4.36. The first-order valence-corrected chi connectivity index (χ1v) is 11.5. The van der Waals surface area contributed by atoms with Crippen LogP contribution in [-0.4, -0.2) is 19.7 Å². The molecule has 0 aliphatic heterocycles. The maximum Gasteiger partial charge on any atom is 0.262 e. The van der Waals surface area contributed by atoms with E-state index in [1.165, 1.54) is 28.6 Å². The van der Waals surface area contributed by atoms with Gasteiger partial charge in [0.2, 0.25) is 11.8 Å². The number of aryl methyl sites for hydroxylation is 2. The highest BCUT2D eigenvalue weighted by molar-refractivity contribution is 7.98. The molecule has 0 saturated carbocycles. The average molecular weight is 445 g/mol. The van der Waals surface area contributed by atoms with E-state index in [-0.39, 0.29) is 5.56 Å². The molecule has 0 radical (unpaired) electrons. The largest absolute Gasteiger partial charge is 0.420 e. The van der Waals surface area contributed by atoms with Crippen LogP contribution in [0.15, 0.2) is 38.6 Å². The number of fused-ring (bicyclic) bond motifs is 3. The van der Waals surface area contributed by atoms with Crippen molar-refractivity contribution in [3.63, 3.8) is 0 Å². The van der Waals surface area contributed by atoms with Crippen LogP contribution in [-0.2, 0) is 25.6 Å². The van der Waals surface area contributed by atoms with Crippen molar-refractivity contribution in [2.24, 2.45) is 7.05 Å². The van der Waals surface area contributed by atoms with E-state index in [9.17, 15) is 4.79 Å². The van der Waals surface area contributed by atoms with Gasteiger partial charge in [-0.25, -0.2) is 4.98 Å². The molecule has 0 atom stereocenters. The molecular formula is C20H17ClN4O2S2. The molecule has 0 N–H and O–H groups in total. The highest BCUT2D eigenvalue weighted by atomic mass is 35.5. The number of hydrogen-bond acceptors (Lipinski definition) is 7. The van der Waals surface area contributed by atoms with Crippen LogP contribution in [0.2, 0.25) is 5.02 Å². The molecule has 3 aromatic heterocycles. The SMILES string of the molecule is Cn1c(SCc2nnc(-c3ccccc3Cl)o2)nc2sc3c(c2c1=O)CCCC3. The van der Waals surface area contributed by atoms with Crippen LogP contribution in [0.25, 0.3) is 21.7 Å². The first-order chi connectivity index (χ1) is 14.1. The molecule has 1 aliphatic carbocycles. The van der Waals surface area contributed by atoms with Crippen molar-refractivity contribution < 1.29 is 4.42 Å². The summed E-state index contributed by atoms with van der Waals surface area (Å²) >= 11 is 9.27. The number of hydrogen-bond donors (Lipinski definition) is 0. The molecule has 0 unspecified atom stereocenters. The standard InChI is InChI=1S/C20H17ClN4O2S2/c1-25-19(26)16-12-7-3-5-9-14(12)29-18(16)22-20(25)28-10-15-23-24-17(27-15)11-6-2-4-8-13(11)21/h2,4,6,8H,3,5,7,9-10H2,1H3. The minimum atomic E-state index is 0.0270. The number of thioether (sulfide) groups is 1. The second-order valence-corrected chi connectivity index (χ2v) is 9.35. The summed E-state index contributed by atoms with van der Waals surface area (Å²) in [6.45, 7) is 0. The van der Waals surface area contributed by atoms with Crippen LogP contribution < -0.4 is 5.56 Å². The Kier molecular flexibility index (Phi) is 4.93. The van der Waals surface area contributed by atoms with Crippen molar-refractivity contribution >= 4 is 44.9 Å². The number of benzene rings is 1. The van der Waals surface area contributed by atoms with E-state index in [4.69, 9.17) is 21.0 Å². The van der Waals surface area contributed by atoms with Crippen molar-refractivity contribution in [1.29, 1.82) is 0 Å². The summed E-state index contributed by atoms with van der Waals surface area (Å²) in [7, 11) is 1.77. The maximum atomic E-state index is 13.0. The summed E-state index contributed by atoms with van der Waals surface area (Å²) < 4.78 is 7.38. The number of rotatable bonds is 4. The van der Waals surface area contributed by atoms with E-state index in [1.54, 1.807) is 29.0 Å². The Balaban J connectivity index is 1.42. The van der Waals surface area contributed by atoms with Crippen molar-refractivity contribution in [2.75, 3.05) is 0 Å². The smallest absolute Gasteiger partial charge is 0.262 e. The lowest BCUT2D eigenvalue weighted by Crippen LogP contribution is -2.20. The fourth-order valence-corrected chi connectivity index (χ4v) is 5.91. The van der Waals surface area contributed by atoms with Crippen molar-refractivity contribution in [1.82, 2.24) is 19.7 Å². The van der Waals surface area contributed by atoms with Gasteiger partial charge < -0.3 is 4.42 Å². The molecule has 6 nitrogen and oxygen atoms in total. The average Bonchev–Trinajstić information content (AvgIpc) is 3.34. The highest BCUT2D eigenvalue weighted by Crippen LogP contribution is 2.35. The molecule has 1 aliphatic rings. The van der Waals surface area contributed by atoms with Gasteiger partial charge in [-0.3, -0.25) is 9.36 Å². The third-order valence-electron chi connectivity index (χ3n) is 5.05. The Morgan fingerprint density at radius 2 is 2.07 bits per heavy atom. The lowest BCUT2D eigenvalue weighted by molar-refractivity contribution is 0.528. The molecule has 0 bridgehead atoms. The Bertz CT molecular complexity index is 1280. The van der Waals surface area contributed by atoms with Gasteiger partial charge in [-0.15, -0.1) is 21.5 Å². The van der Waals surface area contributed by atoms with Crippen LogP contribution in [0, 0.1) is 0 Å². The third kappa shape index (κ3) is 3.39. The van der Waals surface area contributed by atoms with Gasteiger partial charge in [-0.1, -0.05) is 35.5 Å². The summed E-state index contributed by atoms with van der Waals surface area (Å²) in [5, 5.41) is 10.2. The Labute approximate surface area is 179 Å². The van der Waals surface area contributed by atoms with Gasteiger partial charge in [-0.2, -0.15) is 0 Å². The number of halogens is 1. The van der Waals surface area contributed by atoms with E-state index in [1.807, 2.05) is 18.2 Å². The van der Waals surface area contributed by atoms with Crippen LogP contribution in [0.5, 0.6) is 0 Å². The molecular weight excluding hydrogens is 428 g/mol. The molecule has 29 heavy (non-hydrogen) atoms. The van der Waals surface area contributed by atoms with Crippen molar-refractivity contribution in [3.8, 4) is 11.5 Å². The van der Waals surface area contributed by atoms with Crippen LogP contribution in [0.1, 0.15) is 29.2 Å². The van der Waals surface area contributed by atoms with Crippen molar-refractivity contribution in [3.05, 3.63) is 56.0 Å². The Hall–Kier alpha value is -2.16. The monoisotopic (exact) mass is 444 g/mol.